The molecule has 0 aliphatic carbocycles. The topological polar surface area (TPSA) is 88.5 Å². The van der Waals surface area contributed by atoms with E-state index in [1.54, 1.807) is 16.4 Å². The van der Waals surface area contributed by atoms with Crippen LogP contribution in [-0.2, 0) is 13.6 Å². The van der Waals surface area contributed by atoms with Gasteiger partial charge in [0.1, 0.15) is 0 Å². The standard InChI is InChI=1S/C6H11N5O/c1-11-4-5(3-9-11)2-8-6(7)10-12/h3-4,12H,2H2,1H3,(H3,7,8,10). The van der Waals surface area contributed by atoms with Gasteiger partial charge in [-0.05, 0) is 0 Å². The number of aromatic nitrogens is 2. The Kier molecular flexibility index (Phi) is 2.65. The van der Waals surface area contributed by atoms with E-state index in [-0.39, 0.29) is 5.96 Å². The molecule has 1 aromatic rings. The van der Waals surface area contributed by atoms with Crippen LogP contribution in [0, 0.1) is 0 Å². The lowest BCUT2D eigenvalue weighted by molar-refractivity contribution is 0.232. The normalized spacial score (nSPS) is 11.7. The van der Waals surface area contributed by atoms with Gasteiger partial charge in [0.25, 0.3) is 0 Å². The Labute approximate surface area is 69.7 Å². The fourth-order valence-electron chi connectivity index (χ4n) is 0.765. The van der Waals surface area contributed by atoms with Gasteiger partial charge < -0.3 is 5.73 Å². The van der Waals surface area contributed by atoms with Gasteiger partial charge in [-0.2, -0.15) is 5.10 Å². The minimum Gasteiger partial charge on any atom is -0.368 e. The predicted octanol–water partition coefficient (Wildman–Crippen LogP) is -0.786. The number of hydrogen-bond donors (Lipinski definition) is 3. The Morgan fingerprint density at radius 2 is 2.67 bits per heavy atom. The van der Waals surface area contributed by atoms with Gasteiger partial charge in [-0.1, -0.05) is 0 Å². The van der Waals surface area contributed by atoms with E-state index in [0.29, 0.717) is 6.54 Å². The average molecular weight is 169 g/mol. The molecule has 0 unspecified atom stereocenters. The Morgan fingerprint density at radius 3 is 3.17 bits per heavy atom. The lowest BCUT2D eigenvalue weighted by Crippen LogP contribution is -2.28. The molecular formula is C6H11N5O. The maximum absolute atomic E-state index is 8.29. The quantitative estimate of drug-likeness (QED) is 0.307. The first-order chi connectivity index (χ1) is 5.72. The van der Waals surface area contributed by atoms with E-state index in [1.807, 2.05) is 13.2 Å². The Hall–Kier alpha value is -1.56. The highest BCUT2D eigenvalue weighted by Gasteiger charge is 1.93. The molecular weight excluding hydrogens is 158 g/mol. The van der Waals surface area contributed by atoms with Gasteiger partial charge in [-0.3, -0.25) is 9.89 Å². The lowest BCUT2D eigenvalue weighted by atomic mass is 10.4. The summed E-state index contributed by atoms with van der Waals surface area (Å²) >= 11 is 0. The third-order valence-corrected chi connectivity index (χ3v) is 1.30. The van der Waals surface area contributed by atoms with Gasteiger partial charge in [-0.15, -0.1) is 0 Å². The number of hydrogen-bond acceptors (Lipinski definition) is 3. The number of rotatable bonds is 2. The fraction of sp³-hybridized carbons (Fsp3) is 0.333. The number of aliphatic imine (C=N–C) groups is 1. The maximum atomic E-state index is 8.29. The molecule has 0 aliphatic heterocycles. The van der Waals surface area contributed by atoms with Gasteiger partial charge in [0.15, 0.2) is 0 Å². The van der Waals surface area contributed by atoms with Crippen LogP contribution in [0.4, 0.5) is 0 Å². The molecule has 66 valence electrons. The monoisotopic (exact) mass is 169 g/mol. The molecule has 0 fully saturated rings. The molecule has 0 aromatic carbocycles. The first kappa shape index (κ1) is 8.54. The molecule has 0 amide bonds. The molecule has 4 N–H and O–H groups in total. The fourth-order valence-corrected chi connectivity index (χ4v) is 0.765. The van der Waals surface area contributed by atoms with Gasteiger partial charge in [0, 0.05) is 18.8 Å². The number of nitrogens with zero attached hydrogens (tertiary/aromatic N) is 3. The van der Waals surface area contributed by atoms with Gasteiger partial charge in [0.2, 0.25) is 5.96 Å². The number of nitrogens with one attached hydrogen (secondary N) is 1. The summed E-state index contributed by atoms with van der Waals surface area (Å²) < 4.78 is 1.67. The number of nitrogens with two attached hydrogens (primary N) is 1. The van der Waals surface area contributed by atoms with E-state index in [2.05, 4.69) is 10.1 Å². The highest BCUT2D eigenvalue weighted by Crippen LogP contribution is 1.97. The minimum atomic E-state index is -0.00106. The van der Waals surface area contributed by atoms with Crippen LogP contribution in [0.3, 0.4) is 0 Å². The van der Waals surface area contributed by atoms with Crippen molar-refractivity contribution in [3.05, 3.63) is 18.0 Å². The van der Waals surface area contributed by atoms with Crippen molar-refractivity contribution in [2.75, 3.05) is 0 Å². The summed E-state index contributed by atoms with van der Waals surface area (Å²) in [7, 11) is 1.82. The third-order valence-electron chi connectivity index (χ3n) is 1.30. The summed E-state index contributed by atoms with van der Waals surface area (Å²) in [5.74, 6) is -0.00106. The molecule has 6 heteroatoms. The second-order valence-corrected chi connectivity index (χ2v) is 2.34. The summed E-state index contributed by atoms with van der Waals surface area (Å²) in [5.41, 5.74) is 7.87. The van der Waals surface area contributed by atoms with E-state index in [1.165, 1.54) is 0 Å². The highest BCUT2D eigenvalue weighted by atomic mass is 16.5. The van der Waals surface area contributed by atoms with E-state index in [4.69, 9.17) is 10.9 Å². The average Bonchev–Trinajstić information content (AvgIpc) is 2.47. The zero-order valence-corrected chi connectivity index (χ0v) is 6.73. The molecule has 0 radical (unpaired) electrons. The summed E-state index contributed by atoms with van der Waals surface area (Å²) in [6, 6.07) is 0. The molecule has 0 aliphatic rings. The lowest BCUT2D eigenvalue weighted by Gasteiger charge is -1.94. The van der Waals surface area contributed by atoms with Crippen molar-refractivity contribution < 1.29 is 5.21 Å². The number of hydroxylamine groups is 1. The van der Waals surface area contributed by atoms with E-state index in [0.717, 1.165) is 5.56 Å². The summed E-state index contributed by atoms with van der Waals surface area (Å²) in [5, 5.41) is 12.2. The molecule has 12 heavy (non-hydrogen) atoms. The smallest absolute Gasteiger partial charge is 0.213 e. The molecule has 0 spiro atoms. The van der Waals surface area contributed by atoms with Crippen molar-refractivity contribution in [1.29, 1.82) is 0 Å². The second kappa shape index (κ2) is 3.72. The Bertz CT molecular complexity index is 279. The van der Waals surface area contributed by atoms with Crippen LogP contribution in [0.5, 0.6) is 0 Å². The summed E-state index contributed by atoms with van der Waals surface area (Å²) in [6.07, 6.45) is 3.52. The zero-order chi connectivity index (χ0) is 8.97. The summed E-state index contributed by atoms with van der Waals surface area (Å²) in [4.78, 5) is 3.81. The van der Waals surface area contributed by atoms with Crippen LogP contribution in [0.15, 0.2) is 17.4 Å². The maximum Gasteiger partial charge on any atom is 0.213 e. The molecule has 1 aromatic heterocycles. The minimum absolute atomic E-state index is 0.00106. The van der Waals surface area contributed by atoms with Crippen molar-refractivity contribution >= 4 is 5.96 Å². The Balaban J connectivity index is 2.53. The van der Waals surface area contributed by atoms with Gasteiger partial charge in [0.05, 0.1) is 12.7 Å². The summed E-state index contributed by atoms with van der Waals surface area (Å²) in [6.45, 7) is 0.410. The zero-order valence-electron chi connectivity index (χ0n) is 6.73. The van der Waals surface area contributed by atoms with Crippen molar-refractivity contribution in [3.63, 3.8) is 0 Å². The van der Waals surface area contributed by atoms with Crippen molar-refractivity contribution in [3.8, 4) is 0 Å². The molecule has 0 bridgehead atoms. The first-order valence-electron chi connectivity index (χ1n) is 3.40. The van der Waals surface area contributed by atoms with E-state index in [9.17, 15) is 0 Å². The molecule has 0 saturated carbocycles. The van der Waals surface area contributed by atoms with Crippen molar-refractivity contribution in [2.24, 2.45) is 17.8 Å². The van der Waals surface area contributed by atoms with E-state index < -0.39 is 0 Å². The molecule has 6 nitrogen and oxygen atoms in total. The SMILES string of the molecule is Cn1cc(CN=C(N)NO)cn1. The second-order valence-electron chi connectivity index (χ2n) is 2.34. The number of aryl methyl sites for hydroxylation is 1. The van der Waals surface area contributed by atoms with E-state index >= 15 is 0 Å². The van der Waals surface area contributed by atoms with Crippen LogP contribution >= 0.6 is 0 Å². The Morgan fingerprint density at radius 1 is 1.92 bits per heavy atom. The van der Waals surface area contributed by atoms with Gasteiger partial charge >= 0.3 is 0 Å². The molecule has 0 saturated heterocycles. The first-order valence-corrected chi connectivity index (χ1v) is 3.40. The van der Waals surface area contributed by atoms with Crippen molar-refractivity contribution in [2.45, 2.75) is 6.54 Å². The van der Waals surface area contributed by atoms with Gasteiger partial charge in [-0.25, -0.2) is 10.5 Å². The predicted molar refractivity (Wildman–Crippen MR) is 43.5 cm³/mol. The van der Waals surface area contributed by atoms with Crippen LogP contribution in [0.2, 0.25) is 0 Å². The number of guanidine groups is 1. The molecule has 1 heterocycles. The molecule has 0 atom stereocenters. The van der Waals surface area contributed by atoms with Crippen LogP contribution in [-0.4, -0.2) is 20.9 Å². The highest BCUT2D eigenvalue weighted by molar-refractivity contribution is 5.76. The largest absolute Gasteiger partial charge is 0.368 e. The third kappa shape index (κ3) is 2.24. The van der Waals surface area contributed by atoms with Crippen LogP contribution in [0.1, 0.15) is 5.56 Å². The van der Waals surface area contributed by atoms with Crippen LogP contribution in [0.25, 0.3) is 0 Å². The van der Waals surface area contributed by atoms with Crippen molar-refractivity contribution in [1.82, 2.24) is 15.3 Å². The van der Waals surface area contributed by atoms with Crippen LogP contribution < -0.4 is 11.2 Å². The molecule has 1 rings (SSSR count).